The Kier molecular flexibility index (Phi) is 5.55. The van der Waals surface area contributed by atoms with Crippen molar-refractivity contribution in [2.75, 3.05) is 13.1 Å². The zero-order valence-electron chi connectivity index (χ0n) is 17.4. The van der Waals surface area contributed by atoms with Crippen LogP contribution in [0.3, 0.4) is 0 Å². The van der Waals surface area contributed by atoms with E-state index in [-0.39, 0.29) is 11.9 Å². The van der Waals surface area contributed by atoms with Gasteiger partial charge in [-0.15, -0.1) is 0 Å². The second-order valence-corrected chi connectivity index (χ2v) is 9.19. The summed E-state index contributed by atoms with van der Waals surface area (Å²) in [5.41, 5.74) is 2.03. The van der Waals surface area contributed by atoms with E-state index in [2.05, 4.69) is 50.9 Å². The number of rotatable bonds is 5. The highest BCUT2D eigenvalue weighted by Gasteiger charge is 2.47. The molecule has 0 saturated carbocycles. The highest BCUT2D eigenvalue weighted by atomic mass is 79.9. The van der Waals surface area contributed by atoms with Crippen molar-refractivity contribution in [3.05, 3.63) is 94.5 Å². The Morgan fingerprint density at radius 2 is 1.58 bits per heavy atom. The predicted molar refractivity (Wildman–Crippen MR) is 125 cm³/mol. The third kappa shape index (κ3) is 4.00. The van der Waals surface area contributed by atoms with Gasteiger partial charge in [0.15, 0.2) is 0 Å². The first-order valence-electron chi connectivity index (χ1n) is 10.7. The molecule has 4 nitrogen and oxygen atoms in total. The number of hydrogen-bond acceptors (Lipinski definition) is 3. The number of piperazine rings is 1. The predicted octanol–water partition coefficient (Wildman–Crippen LogP) is 5.90. The lowest BCUT2D eigenvalue weighted by Crippen LogP contribution is -2.49. The molecule has 2 aliphatic rings. The first-order chi connectivity index (χ1) is 15.1. The van der Waals surface area contributed by atoms with Crippen LogP contribution in [0, 0.1) is 0 Å². The molecule has 5 rings (SSSR count). The van der Waals surface area contributed by atoms with Gasteiger partial charge in [-0.25, -0.2) is 0 Å². The van der Waals surface area contributed by atoms with Gasteiger partial charge in [0.05, 0.1) is 0 Å². The second kappa shape index (κ2) is 8.48. The lowest BCUT2D eigenvalue weighted by molar-refractivity contribution is 0.0569. The number of nitrogens with zero attached hydrogens (tertiary/aromatic N) is 2. The molecule has 0 N–H and O–H groups in total. The molecule has 0 spiro atoms. The topological polar surface area (TPSA) is 32.8 Å². The summed E-state index contributed by atoms with van der Waals surface area (Å²) in [4.78, 5) is 17.8. The minimum absolute atomic E-state index is 0.118. The van der Waals surface area contributed by atoms with Gasteiger partial charge in [-0.3, -0.25) is 9.69 Å². The van der Waals surface area contributed by atoms with E-state index in [9.17, 15) is 4.79 Å². The summed E-state index contributed by atoms with van der Waals surface area (Å²) in [5.74, 6) is 1.64. The van der Waals surface area contributed by atoms with Crippen molar-refractivity contribution in [1.82, 2.24) is 9.80 Å². The van der Waals surface area contributed by atoms with Crippen molar-refractivity contribution >= 4 is 21.8 Å². The zero-order chi connectivity index (χ0) is 21.4. The van der Waals surface area contributed by atoms with Crippen LogP contribution < -0.4 is 4.74 Å². The maximum Gasteiger partial charge on any atom is 0.254 e. The fraction of sp³-hybridized carbons (Fsp3) is 0.269. The molecule has 3 aromatic carbocycles. The monoisotopic (exact) mass is 476 g/mol. The van der Waals surface area contributed by atoms with Gasteiger partial charge in [-0.1, -0.05) is 52.3 Å². The fourth-order valence-electron chi connectivity index (χ4n) is 4.87. The molecule has 2 fully saturated rings. The standard InChI is InChI=1S/C26H25BrN2O2/c1-18(24-9-5-6-10-25(24)27)28-16-21-15-20(28)17-29(21)26(30)19-11-13-23(14-12-19)31-22-7-3-2-4-8-22/h2-14,18,20-21H,15-17H2,1H3. The van der Waals surface area contributed by atoms with Crippen LogP contribution in [-0.4, -0.2) is 40.9 Å². The summed E-state index contributed by atoms with van der Waals surface area (Å²) in [6.07, 6.45) is 1.05. The van der Waals surface area contributed by atoms with Crippen molar-refractivity contribution in [3.8, 4) is 11.5 Å². The third-order valence-corrected chi connectivity index (χ3v) is 7.20. The number of fused-ring (bicyclic) bond motifs is 2. The number of likely N-dealkylation sites (tertiary alicyclic amines) is 2. The van der Waals surface area contributed by atoms with Crippen LogP contribution in [0.25, 0.3) is 0 Å². The number of halogens is 1. The summed E-state index contributed by atoms with van der Waals surface area (Å²) in [5, 5.41) is 0. The quantitative estimate of drug-likeness (QED) is 0.459. The van der Waals surface area contributed by atoms with Crippen LogP contribution in [0.1, 0.15) is 35.3 Å². The lowest BCUT2D eigenvalue weighted by atomic mass is 10.1. The first-order valence-corrected chi connectivity index (χ1v) is 11.5. The van der Waals surface area contributed by atoms with E-state index in [4.69, 9.17) is 4.74 Å². The number of hydrogen-bond donors (Lipinski definition) is 0. The molecule has 5 heteroatoms. The summed E-state index contributed by atoms with van der Waals surface area (Å²) >= 11 is 3.69. The van der Waals surface area contributed by atoms with Crippen molar-refractivity contribution in [1.29, 1.82) is 0 Å². The minimum Gasteiger partial charge on any atom is -0.457 e. The Morgan fingerprint density at radius 1 is 0.903 bits per heavy atom. The molecular formula is C26H25BrN2O2. The summed E-state index contributed by atoms with van der Waals surface area (Å²) in [7, 11) is 0. The van der Waals surface area contributed by atoms with Gasteiger partial charge in [0.1, 0.15) is 11.5 Å². The van der Waals surface area contributed by atoms with Crippen LogP contribution in [0.2, 0.25) is 0 Å². The number of carbonyl (C=O) groups is 1. The average molecular weight is 477 g/mol. The summed E-state index contributed by atoms with van der Waals surface area (Å²) in [6, 6.07) is 26.6. The highest BCUT2D eigenvalue weighted by Crippen LogP contribution is 2.39. The Balaban J connectivity index is 1.24. The van der Waals surface area contributed by atoms with Crippen LogP contribution in [0.5, 0.6) is 11.5 Å². The molecule has 2 heterocycles. The number of carbonyl (C=O) groups excluding carboxylic acids is 1. The summed E-state index contributed by atoms with van der Waals surface area (Å²) in [6.45, 7) is 3.98. The van der Waals surface area contributed by atoms with Crippen molar-refractivity contribution in [3.63, 3.8) is 0 Å². The Hall–Kier alpha value is -2.63. The van der Waals surface area contributed by atoms with Gasteiger partial charge < -0.3 is 9.64 Å². The van der Waals surface area contributed by atoms with Gasteiger partial charge in [-0.05, 0) is 61.4 Å². The Morgan fingerprint density at radius 3 is 2.26 bits per heavy atom. The smallest absolute Gasteiger partial charge is 0.254 e. The molecule has 0 aliphatic carbocycles. The molecule has 2 bridgehead atoms. The molecule has 158 valence electrons. The number of benzene rings is 3. The van der Waals surface area contributed by atoms with E-state index in [1.165, 1.54) is 5.56 Å². The van der Waals surface area contributed by atoms with Crippen LogP contribution in [-0.2, 0) is 0 Å². The molecule has 2 aliphatic heterocycles. The maximum absolute atomic E-state index is 13.2. The SMILES string of the molecule is CC(c1ccccc1Br)N1CC2CC1CN2C(=O)c1ccc(Oc2ccccc2)cc1. The molecule has 3 unspecified atom stereocenters. The van der Waals surface area contributed by atoms with E-state index >= 15 is 0 Å². The van der Waals surface area contributed by atoms with Crippen LogP contribution in [0.15, 0.2) is 83.3 Å². The highest BCUT2D eigenvalue weighted by molar-refractivity contribution is 9.10. The molecule has 3 aromatic rings. The van der Waals surface area contributed by atoms with Crippen molar-refractivity contribution in [2.45, 2.75) is 31.5 Å². The van der Waals surface area contributed by atoms with E-state index in [0.29, 0.717) is 12.1 Å². The molecule has 31 heavy (non-hydrogen) atoms. The van der Waals surface area contributed by atoms with E-state index in [0.717, 1.165) is 41.0 Å². The van der Waals surface area contributed by atoms with E-state index in [1.807, 2.05) is 60.7 Å². The van der Waals surface area contributed by atoms with Crippen molar-refractivity contribution < 1.29 is 9.53 Å². The van der Waals surface area contributed by atoms with Crippen LogP contribution in [0.4, 0.5) is 0 Å². The number of amides is 1. The molecule has 1 amide bonds. The molecule has 3 atom stereocenters. The Bertz CT molecular complexity index is 1070. The lowest BCUT2D eigenvalue weighted by Gasteiger charge is -2.38. The molecule has 2 saturated heterocycles. The van der Waals surface area contributed by atoms with E-state index in [1.54, 1.807) is 0 Å². The van der Waals surface area contributed by atoms with Gasteiger partial charge >= 0.3 is 0 Å². The average Bonchev–Trinajstić information content (AvgIpc) is 3.41. The van der Waals surface area contributed by atoms with Gasteiger partial charge in [0, 0.05) is 41.3 Å². The molecule has 0 radical (unpaired) electrons. The zero-order valence-corrected chi connectivity index (χ0v) is 19.0. The van der Waals surface area contributed by atoms with Gasteiger partial charge in [0.2, 0.25) is 0 Å². The number of ether oxygens (including phenoxy) is 1. The van der Waals surface area contributed by atoms with Gasteiger partial charge in [0.25, 0.3) is 5.91 Å². The largest absolute Gasteiger partial charge is 0.457 e. The van der Waals surface area contributed by atoms with Gasteiger partial charge in [-0.2, -0.15) is 0 Å². The fourth-order valence-corrected chi connectivity index (χ4v) is 5.49. The first kappa shape index (κ1) is 20.3. The molecular weight excluding hydrogens is 452 g/mol. The third-order valence-electron chi connectivity index (χ3n) is 6.48. The maximum atomic E-state index is 13.2. The second-order valence-electron chi connectivity index (χ2n) is 8.33. The summed E-state index contributed by atoms with van der Waals surface area (Å²) < 4.78 is 6.99. The minimum atomic E-state index is 0.118. The normalized spacial score (nSPS) is 21.3. The Labute approximate surface area is 191 Å². The van der Waals surface area contributed by atoms with E-state index < -0.39 is 0 Å². The number of para-hydroxylation sites is 1. The molecule has 0 aromatic heterocycles. The van der Waals surface area contributed by atoms with Crippen molar-refractivity contribution in [2.24, 2.45) is 0 Å². The van der Waals surface area contributed by atoms with Crippen LogP contribution >= 0.6 is 15.9 Å².